The number of anilines is 1. The number of rotatable bonds is 4. The summed E-state index contributed by atoms with van der Waals surface area (Å²) in [6, 6.07) is 6.58. The fourth-order valence-electron chi connectivity index (χ4n) is 3.15. The van der Waals surface area contributed by atoms with Crippen LogP contribution in [0.3, 0.4) is 0 Å². The quantitative estimate of drug-likeness (QED) is 0.904. The molecule has 0 aromatic carbocycles. The predicted octanol–water partition coefficient (Wildman–Crippen LogP) is 2.43. The first-order valence-electron chi connectivity index (χ1n) is 7.90. The van der Waals surface area contributed by atoms with Gasteiger partial charge in [-0.25, -0.2) is 14.2 Å². The van der Waals surface area contributed by atoms with Crippen molar-refractivity contribution in [1.82, 2.24) is 20.2 Å². The smallest absolute Gasteiger partial charge is 0.320 e. The van der Waals surface area contributed by atoms with E-state index in [0.29, 0.717) is 18.3 Å². The van der Waals surface area contributed by atoms with Gasteiger partial charge < -0.3 is 5.32 Å². The minimum atomic E-state index is -0.436. The molecule has 1 aliphatic heterocycles. The van der Waals surface area contributed by atoms with Gasteiger partial charge in [-0.2, -0.15) is 0 Å². The summed E-state index contributed by atoms with van der Waals surface area (Å²) in [5.41, 5.74) is 1.16. The van der Waals surface area contributed by atoms with Gasteiger partial charge in [0.05, 0.1) is 6.20 Å². The average molecular weight is 329 g/mol. The zero-order valence-electron chi connectivity index (χ0n) is 13.4. The molecule has 126 valence electrons. The molecule has 0 radical (unpaired) electrons. The lowest BCUT2D eigenvalue weighted by Gasteiger charge is -2.25. The highest BCUT2D eigenvalue weighted by Gasteiger charge is 2.33. The van der Waals surface area contributed by atoms with Crippen LogP contribution in [0.4, 0.5) is 15.0 Å². The van der Waals surface area contributed by atoms with Crippen LogP contribution in [0.25, 0.3) is 0 Å². The van der Waals surface area contributed by atoms with E-state index >= 15 is 0 Å². The molecule has 0 unspecified atom stereocenters. The van der Waals surface area contributed by atoms with Crippen LogP contribution < -0.4 is 10.6 Å². The monoisotopic (exact) mass is 329 g/mol. The molecule has 1 saturated heterocycles. The Bertz CT molecular complexity index is 679. The van der Waals surface area contributed by atoms with Gasteiger partial charge >= 0.3 is 6.03 Å². The molecule has 3 heterocycles. The number of hydrogen-bond donors (Lipinski definition) is 2. The molecule has 3 rings (SSSR count). The van der Waals surface area contributed by atoms with E-state index < -0.39 is 5.82 Å². The molecule has 0 spiro atoms. The molecular weight excluding hydrogens is 309 g/mol. The van der Waals surface area contributed by atoms with Crippen LogP contribution in [0.2, 0.25) is 0 Å². The topological polar surface area (TPSA) is 70.2 Å². The van der Waals surface area contributed by atoms with E-state index in [1.807, 2.05) is 12.3 Å². The molecule has 1 fully saturated rings. The Hall–Kier alpha value is -2.54. The SMILES string of the molecule is CN1CC[C@@H](CNC(=O)Nc2ccc(F)cn2)[C@@H]1c1cccnc1. The van der Waals surface area contributed by atoms with Crippen LogP contribution in [0.5, 0.6) is 0 Å². The van der Waals surface area contributed by atoms with Gasteiger partial charge in [-0.05, 0) is 49.7 Å². The minimum Gasteiger partial charge on any atom is -0.337 e. The first-order chi connectivity index (χ1) is 11.6. The molecule has 24 heavy (non-hydrogen) atoms. The van der Waals surface area contributed by atoms with Crippen LogP contribution in [0.15, 0.2) is 42.9 Å². The number of halogens is 1. The van der Waals surface area contributed by atoms with E-state index in [9.17, 15) is 9.18 Å². The van der Waals surface area contributed by atoms with Crippen molar-refractivity contribution in [2.45, 2.75) is 12.5 Å². The summed E-state index contributed by atoms with van der Waals surface area (Å²) in [5.74, 6) is 0.196. The number of urea groups is 1. The lowest BCUT2D eigenvalue weighted by molar-refractivity contribution is 0.243. The van der Waals surface area contributed by atoms with E-state index in [-0.39, 0.29) is 12.1 Å². The predicted molar refractivity (Wildman–Crippen MR) is 88.9 cm³/mol. The summed E-state index contributed by atoms with van der Waals surface area (Å²) in [6.07, 6.45) is 5.71. The third-order valence-electron chi connectivity index (χ3n) is 4.29. The standard InChI is InChI=1S/C17H20FN5O/c1-23-8-6-13(16(23)12-3-2-7-19-9-12)10-21-17(24)22-15-5-4-14(18)11-20-15/h2-5,7,9,11,13,16H,6,8,10H2,1H3,(H2,20,21,22,24)/t13-,16-/m0/s1. The van der Waals surface area contributed by atoms with E-state index in [1.165, 1.54) is 12.1 Å². The summed E-state index contributed by atoms with van der Waals surface area (Å²) in [4.78, 5) is 22.3. The van der Waals surface area contributed by atoms with Crippen LogP contribution in [0.1, 0.15) is 18.0 Å². The van der Waals surface area contributed by atoms with Gasteiger partial charge in [0.15, 0.2) is 0 Å². The molecule has 2 aromatic rings. The number of carbonyl (C=O) groups is 1. The molecule has 2 N–H and O–H groups in total. The Morgan fingerprint density at radius 3 is 2.96 bits per heavy atom. The van der Waals surface area contributed by atoms with E-state index in [1.54, 1.807) is 6.20 Å². The van der Waals surface area contributed by atoms with Gasteiger partial charge in [-0.15, -0.1) is 0 Å². The molecule has 0 aliphatic carbocycles. The number of likely N-dealkylation sites (tertiary alicyclic amines) is 1. The Balaban J connectivity index is 1.57. The van der Waals surface area contributed by atoms with Gasteiger partial charge in [0, 0.05) is 25.0 Å². The molecule has 0 bridgehead atoms. The highest BCUT2D eigenvalue weighted by atomic mass is 19.1. The number of hydrogen-bond acceptors (Lipinski definition) is 4. The van der Waals surface area contributed by atoms with Crippen molar-refractivity contribution in [3.8, 4) is 0 Å². The van der Waals surface area contributed by atoms with Crippen molar-refractivity contribution in [3.05, 3.63) is 54.2 Å². The van der Waals surface area contributed by atoms with E-state index in [0.717, 1.165) is 24.7 Å². The summed E-state index contributed by atoms with van der Waals surface area (Å²) < 4.78 is 12.8. The van der Waals surface area contributed by atoms with E-state index in [4.69, 9.17) is 0 Å². The van der Waals surface area contributed by atoms with Gasteiger partial charge in [0.25, 0.3) is 0 Å². The number of nitrogens with zero attached hydrogens (tertiary/aromatic N) is 3. The second-order valence-corrected chi connectivity index (χ2v) is 5.96. The fraction of sp³-hybridized carbons (Fsp3) is 0.353. The van der Waals surface area contributed by atoms with Crippen LogP contribution in [-0.4, -0.2) is 41.0 Å². The molecule has 2 atom stereocenters. The fourth-order valence-corrected chi connectivity index (χ4v) is 3.15. The molecular formula is C17H20FN5O. The summed E-state index contributed by atoms with van der Waals surface area (Å²) in [7, 11) is 2.08. The number of nitrogens with one attached hydrogen (secondary N) is 2. The van der Waals surface area contributed by atoms with Gasteiger partial charge in [-0.3, -0.25) is 15.2 Å². The molecule has 1 aliphatic rings. The van der Waals surface area contributed by atoms with Crippen molar-refractivity contribution in [1.29, 1.82) is 0 Å². The highest BCUT2D eigenvalue weighted by Crippen LogP contribution is 2.35. The number of aromatic nitrogens is 2. The summed E-state index contributed by atoms with van der Waals surface area (Å²) in [5, 5.41) is 5.48. The third kappa shape index (κ3) is 3.86. The number of pyridine rings is 2. The Morgan fingerprint density at radius 1 is 1.38 bits per heavy atom. The second-order valence-electron chi connectivity index (χ2n) is 5.96. The number of amides is 2. The van der Waals surface area contributed by atoms with Crippen LogP contribution >= 0.6 is 0 Å². The lowest BCUT2D eigenvalue weighted by Crippen LogP contribution is -2.35. The van der Waals surface area contributed by atoms with Gasteiger partial charge in [-0.1, -0.05) is 6.07 Å². The Morgan fingerprint density at radius 2 is 2.25 bits per heavy atom. The zero-order chi connectivity index (χ0) is 16.9. The first kappa shape index (κ1) is 16.3. The summed E-state index contributed by atoms with van der Waals surface area (Å²) in [6.45, 7) is 1.53. The van der Waals surface area contributed by atoms with Crippen molar-refractivity contribution in [3.63, 3.8) is 0 Å². The maximum atomic E-state index is 12.8. The van der Waals surface area contributed by atoms with Crippen LogP contribution in [-0.2, 0) is 0 Å². The van der Waals surface area contributed by atoms with Crippen molar-refractivity contribution >= 4 is 11.8 Å². The van der Waals surface area contributed by atoms with Gasteiger partial charge in [0.1, 0.15) is 11.6 Å². The summed E-state index contributed by atoms with van der Waals surface area (Å²) >= 11 is 0. The lowest BCUT2D eigenvalue weighted by atomic mass is 9.95. The Kier molecular flexibility index (Phi) is 5.00. The van der Waals surface area contributed by atoms with E-state index in [2.05, 4.69) is 38.6 Å². The average Bonchev–Trinajstić information content (AvgIpc) is 2.96. The van der Waals surface area contributed by atoms with Crippen molar-refractivity contribution < 1.29 is 9.18 Å². The molecule has 0 saturated carbocycles. The minimum absolute atomic E-state index is 0.239. The number of carbonyl (C=O) groups excluding carboxylic acids is 1. The highest BCUT2D eigenvalue weighted by molar-refractivity contribution is 5.88. The second kappa shape index (κ2) is 7.35. The maximum Gasteiger partial charge on any atom is 0.320 e. The molecule has 6 nitrogen and oxygen atoms in total. The largest absolute Gasteiger partial charge is 0.337 e. The van der Waals surface area contributed by atoms with Gasteiger partial charge in [0.2, 0.25) is 0 Å². The van der Waals surface area contributed by atoms with Crippen molar-refractivity contribution in [2.75, 3.05) is 25.5 Å². The third-order valence-corrected chi connectivity index (χ3v) is 4.29. The van der Waals surface area contributed by atoms with Crippen molar-refractivity contribution in [2.24, 2.45) is 5.92 Å². The normalized spacial score (nSPS) is 20.8. The van der Waals surface area contributed by atoms with Crippen LogP contribution in [0, 0.1) is 11.7 Å². The zero-order valence-corrected chi connectivity index (χ0v) is 13.4. The molecule has 7 heteroatoms. The maximum absolute atomic E-state index is 12.8. The molecule has 2 amide bonds. The first-order valence-corrected chi connectivity index (χ1v) is 7.90. The molecule has 2 aromatic heterocycles. The Labute approximate surface area is 140 Å².